The fraction of sp³-hybridized carbons (Fsp3) is 0.100. The lowest BCUT2D eigenvalue weighted by Gasteiger charge is -2.01. The fourth-order valence-electron chi connectivity index (χ4n) is 1.48. The molecular weight excluding hydrogens is 214 g/mol. The second kappa shape index (κ2) is 3.20. The van der Waals surface area contributed by atoms with Gasteiger partial charge in [-0.2, -0.15) is 0 Å². The summed E-state index contributed by atoms with van der Waals surface area (Å²) in [5.74, 6) is 0. The summed E-state index contributed by atoms with van der Waals surface area (Å²) in [5, 5.41) is 0.797. The van der Waals surface area contributed by atoms with Gasteiger partial charge in [-0.05, 0) is 12.1 Å². The first-order valence-corrected chi connectivity index (χ1v) is 6.14. The number of rotatable bonds is 2. The van der Waals surface area contributed by atoms with E-state index >= 15 is 0 Å². The molecule has 0 aliphatic rings. The highest BCUT2D eigenvalue weighted by Crippen LogP contribution is 2.18. The van der Waals surface area contributed by atoms with Gasteiger partial charge in [-0.15, -0.1) is 0 Å². The van der Waals surface area contributed by atoms with Gasteiger partial charge in [-0.1, -0.05) is 12.1 Å². The van der Waals surface area contributed by atoms with Crippen LogP contribution >= 0.6 is 0 Å². The van der Waals surface area contributed by atoms with Crippen molar-refractivity contribution in [2.75, 3.05) is 6.26 Å². The number of hydrogen-bond acceptors (Lipinski definition) is 3. The van der Waals surface area contributed by atoms with E-state index in [0.29, 0.717) is 17.4 Å². The van der Waals surface area contributed by atoms with Crippen molar-refractivity contribution in [2.45, 2.75) is 0 Å². The molecule has 15 heavy (non-hydrogen) atoms. The highest BCUT2D eigenvalue weighted by atomic mass is 32.2. The Morgan fingerprint density at radius 1 is 1.27 bits per heavy atom. The molecule has 0 amide bonds. The van der Waals surface area contributed by atoms with Crippen molar-refractivity contribution in [3.05, 3.63) is 36.0 Å². The zero-order chi connectivity index (χ0) is 11.1. The molecule has 0 radical (unpaired) electrons. The Kier molecular flexibility index (Phi) is 2.12. The Labute approximate surface area is 87.2 Å². The van der Waals surface area contributed by atoms with E-state index in [2.05, 4.69) is 0 Å². The van der Waals surface area contributed by atoms with E-state index in [0.717, 1.165) is 15.6 Å². The fourth-order valence-corrected chi connectivity index (χ4v) is 2.28. The summed E-state index contributed by atoms with van der Waals surface area (Å²) in [6.45, 7) is 0. The van der Waals surface area contributed by atoms with E-state index in [1.54, 1.807) is 24.3 Å². The number of carbonyl (C=O) groups excluding carboxylic acids is 1. The zero-order valence-electron chi connectivity index (χ0n) is 8.04. The molecule has 2 aromatic rings. The molecule has 4 nitrogen and oxygen atoms in total. The highest BCUT2D eigenvalue weighted by molar-refractivity contribution is 7.89. The maximum atomic E-state index is 11.4. The summed E-state index contributed by atoms with van der Waals surface area (Å²) in [5.41, 5.74) is 0.994. The molecule has 5 heteroatoms. The average molecular weight is 223 g/mol. The number of aromatic nitrogens is 1. The standard InChI is InChI=1S/C10H9NO3S/c1-15(13,14)11-5-4-9-3-2-8(7-12)6-10(9)11/h2-7H,1H3. The maximum absolute atomic E-state index is 11.4. The van der Waals surface area contributed by atoms with Crippen LogP contribution in [0.4, 0.5) is 0 Å². The third kappa shape index (κ3) is 1.66. The molecule has 0 bridgehead atoms. The number of carbonyl (C=O) groups is 1. The topological polar surface area (TPSA) is 56.1 Å². The summed E-state index contributed by atoms with van der Waals surface area (Å²) in [7, 11) is -3.31. The van der Waals surface area contributed by atoms with Gasteiger partial charge in [0.15, 0.2) is 0 Å². The second-order valence-electron chi connectivity index (χ2n) is 3.31. The van der Waals surface area contributed by atoms with Gasteiger partial charge in [-0.3, -0.25) is 4.79 Å². The van der Waals surface area contributed by atoms with Gasteiger partial charge in [-0.25, -0.2) is 12.4 Å². The van der Waals surface area contributed by atoms with Crippen molar-refractivity contribution < 1.29 is 13.2 Å². The quantitative estimate of drug-likeness (QED) is 0.720. The highest BCUT2D eigenvalue weighted by Gasteiger charge is 2.09. The summed E-state index contributed by atoms with van der Waals surface area (Å²) in [6, 6.07) is 6.64. The maximum Gasteiger partial charge on any atom is 0.236 e. The minimum atomic E-state index is -3.31. The van der Waals surface area contributed by atoms with Crippen molar-refractivity contribution in [1.82, 2.24) is 3.97 Å². The van der Waals surface area contributed by atoms with E-state index in [1.807, 2.05) is 0 Å². The SMILES string of the molecule is CS(=O)(=O)n1ccc2ccc(C=O)cc21. The Hall–Kier alpha value is -1.62. The van der Waals surface area contributed by atoms with Crippen LogP contribution in [0.3, 0.4) is 0 Å². The van der Waals surface area contributed by atoms with Crippen LogP contribution in [0.15, 0.2) is 30.5 Å². The van der Waals surface area contributed by atoms with E-state index in [9.17, 15) is 13.2 Å². The summed E-state index contributed by atoms with van der Waals surface area (Å²) in [4.78, 5) is 10.6. The number of nitrogens with zero attached hydrogens (tertiary/aromatic N) is 1. The van der Waals surface area contributed by atoms with E-state index in [1.165, 1.54) is 6.20 Å². The van der Waals surface area contributed by atoms with E-state index < -0.39 is 10.0 Å². The van der Waals surface area contributed by atoms with Crippen molar-refractivity contribution in [2.24, 2.45) is 0 Å². The molecule has 2 rings (SSSR count). The molecule has 0 unspecified atom stereocenters. The molecule has 0 aliphatic heterocycles. The van der Waals surface area contributed by atoms with Crippen LogP contribution in [0, 0.1) is 0 Å². The van der Waals surface area contributed by atoms with Crippen LogP contribution < -0.4 is 0 Å². The predicted octanol–water partition coefficient (Wildman–Crippen LogP) is 1.26. The van der Waals surface area contributed by atoms with Crippen LogP contribution in [-0.2, 0) is 10.0 Å². The minimum absolute atomic E-state index is 0.464. The van der Waals surface area contributed by atoms with Crippen molar-refractivity contribution >= 4 is 27.2 Å². The number of aldehydes is 1. The lowest BCUT2D eigenvalue weighted by molar-refractivity contribution is 0.112. The lowest BCUT2D eigenvalue weighted by atomic mass is 10.2. The average Bonchev–Trinajstić information content (AvgIpc) is 2.59. The van der Waals surface area contributed by atoms with Crippen molar-refractivity contribution in [3.8, 4) is 0 Å². The summed E-state index contributed by atoms with van der Waals surface area (Å²) in [6.07, 6.45) is 3.30. The summed E-state index contributed by atoms with van der Waals surface area (Å²) >= 11 is 0. The molecule has 1 heterocycles. The monoisotopic (exact) mass is 223 g/mol. The molecule has 0 saturated carbocycles. The van der Waals surface area contributed by atoms with Gasteiger partial charge in [0, 0.05) is 17.1 Å². The van der Waals surface area contributed by atoms with Crippen LogP contribution in [0.1, 0.15) is 10.4 Å². The molecule has 1 aromatic carbocycles. The molecule has 0 spiro atoms. The summed E-state index contributed by atoms with van der Waals surface area (Å²) < 4.78 is 23.9. The smallest absolute Gasteiger partial charge is 0.236 e. The van der Waals surface area contributed by atoms with E-state index in [-0.39, 0.29) is 0 Å². The molecule has 0 atom stereocenters. The van der Waals surface area contributed by atoms with E-state index in [4.69, 9.17) is 0 Å². The first kappa shape index (κ1) is 9.92. The Bertz CT molecular complexity index is 625. The Morgan fingerprint density at radius 2 is 2.00 bits per heavy atom. The number of fused-ring (bicyclic) bond motifs is 1. The first-order chi connectivity index (χ1) is 7.02. The number of benzene rings is 1. The lowest BCUT2D eigenvalue weighted by Crippen LogP contribution is -2.08. The molecule has 1 aromatic heterocycles. The molecule has 0 fully saturated rings. The van der Waals surface area contributed by atoms with Crippen molar-refractivity contribution in [1.29, 1.82) is 0 Å². The second-order valence-corrected chi connectivity index (χ2v) is 5.17. The Balaban J connectivity index is 2.83. The van der Waals surface area contributed by atoms with Crippen LogP contribution in [0.25, 0.3) is 10.9 Å². The molecule has 78 valence electrons. The van der Waals surface area contributed by atoms with Gasteiger partial charge in [0.1, 0.15) is 6.29 Å². The molecule has 0 aliphatic carbocycles. The van der Waals surface area contributed by atoms with Crippen molar-refractivity contribution in [3.63, 3.8) is 0 Å². The van der Waals surface area contributed by atoms with Gasteiger partial charge in [0.2, 0.25) is 10.0 Å². The molecule has 0 saturated heterocycles. The third-order valence-corrected chi connectivity index (χ3v) is 3.21. The Morgan fingerprint density at radius 3 is 2.60 bits per heavy atom. The van der Waals surface area contributed by atoms with Gasteiger partial charge < -0.3 is 0 Å². The predicted molar refractivity (Wildman–Crippen MR) is 57.6 cm³/mol. The largest absolute Gasteiger partial charge is 0.298 e. The van der Waals surface area contributed by atoms with Crippen LogP contribution in [0.2, 0.25) is 0 Å². The third-order valence-electron chi connectivity index (χ3n) is 2.17. The van der Waals surface area contributed by atoms with Gasteiger partial charge >= 0.3 is 0 Å². The molecular formula is C10H9NO3S. The van der Waals surface area contributed by atoms with Crippen LogP contribution in [0.5, 0.6) is 0 Å². The first-order valence-electron chi connectivity index (χ1n) is 4.29. The number of hydrogen-bond donors (Lipinski definition) is 0. The van der Waals surface area contributed by atoms with Crippen LogP contribution in [-0.4, -0.2) is 24.9 Å². The minimum Gasteiger partial charge on any atom is -0.298 e. The zero-order valence-corrected chi connectivity index (χ0v) is 8.86. The molecule has 0 N–H and O–H groups in total. The normalized spacial score (nSPS) is 11.8. The van der Waals surface area contributed by atoms with Gasteiger partial charge in [0.25, 0.3) is 0 Å². The van der Waals surface area contributed by atoms with Gasteiger partial charge in [0.05, 0.1) is 11.8 Å².